The second kappa shape index (κ2) is 6.23. The summed E-state index contributed by atoms with van der Waals surface area (Å²) in [6.45, 7) is 1.96. The third-order valence-electron chi connectivity index (χ3n) is 2.14. The van der Waals surface area contributed by atoms with Gasteiger partial charge in [-0.1, -0.05) is 12.1 Å². The minimum atomic E-state index is -0.250. The Hall–Kier alpha value is -1.42. The van der Waals surface area contributed by atoms with Crippen LogP contribution in [-0.4, -0.2) is 25.7 Å². The van der Waals surface area contributed by atoms with Gasteiger partial charge in [-0.2, -0.15) is 0 Å². The highest BCUT2D eigenvalue weighted by Gasteiger charge is 2.07. The quantitative estimate of drug-likeness (QED) is 0.825. The first-order valence-corrected chi connectivity index (χ1v) is 5.14. The molecule has 1 aromatic carbocycles. The van der Waals surface area contributed by atoms with E-state index in [0.29, 0.717) is 6.42 Å². The Morgan fingerprint density at radius 3 is 2.62 bits per heavy atom. The Bertz CT molecular complexity index is 337. The molecule has 1 rings (SSSR count). The Morgan fingerprint density at radius 1 is 1.44 bits per heavy atom. The second-order valence-electron chi connectivity index (χ2n) is 3.73. The van der Waals surface area contributed by atoms with Gasteiger partial charge >= 0.3 is 0 Å². The molecule has 0 aromatic heterocycles. The van der Waals surface area contributed by atoms with Crippen LogP contribution < -0.4 is 5.32 Å². The molecule has 0 spiro atoms. The number of methoxy groups -OCH3 is 1. The van der Waals surface area contributed by atoms with E-state index in [9.17, 15) is 9.18 Å². The first-order valence-electron chi connectivity index (χ1n) is 5.14. The molecule has 0 aliphatic rings. The topological polar surface area (TPSA) is 38.3 Å². The molecule has 1 atom stereocenters. The van der Waals surface area contributed by atoms with Gasteiger partial charge in [0.1, 0.15) is 12.4 Å². The molecule has 0 aliphatic carbocycles. The second-order valence-corrected chi connectivity index (χ2v) is 3.73. The van der Waals surface area contributed by atoms with Crippen LogP contribution in [0.25, 0.3) is 0 Å². The summed E-state index contributed by atoms with van der Waals surface area (Å²) in [4.78, 5) is 11.2. The standard InChI is InChI=1S/C12H16FNO2/c1-9(14-12(15)8-16-2)7-10-3-5-11(13)6-4-10/h3-6,9H,7-8H2,1-2H3,(H,14,15)/t9-/m1/s1. The number of hydrogen-bond acceptors (Lipinski definition) is 2. The van der Waals surface area contributed by atoms with Crippen LogP contribution in [0.3, 0.4) is 0 Å². The van der Waals surface area contributed by atoms with E-state index >= 15 is 0 Å². The van der Waals surface area contributed by atoms with Crippen molar-refractivity contribution in [3.63, 3.8) is 0 Å². The maximum atomic E-state index is 12.6. The molecule has 0 bridgehead atoms. The largest absolute Gasteiger partial charge is 0.375 e. The highest BCUT2D eigenvalue weighted by Crippen LogP contribution is 2.05. The minimum absolute atomic E-state index is 0.00751. The van der Waals surface area contributed by atoms with Crippen LogP contribution in [0.1, 0.15) is 12.5 Å². The van der Waals surface area contributed by atoms with Gasteiger partial charge in [-0.15, -0.1) is 0 Å². The van der Waals surface area contributed by atoms with Crippen LogP contribution in [0.4, 0.5) is 4.39 Å². The molecule has 0 radical (unpaired) electrons. The summed E-state index contributed by atoms with van der Waals surface area (Å²) in [6.07, 6.45) is 0.676. The number of carbonyl (C=O) groups excluding carboxylic acids is 1. The van der Waals surface area contributed by atoms with E-state index in [1.54, 1.807) is 12.1 Å². The molecule has 4 heteroatoms. The van der Waals surface area contributed by atoms with Gasteiger partial charge in [-0.3, -0.25) is 4.79 Å². The lowest BCUT2D eigenvalue weighted by molar-refractivity contribution is -0.125. The predicted molar refractivity (Wildman–Crippen MR) is 59.6 cm³/mol. The lowest BCUT2D eigenvalue weighted by Crippen LogP contribution is -2.36. The van der Waals surface area contributed by atoms with Crippen molar-refractivity contribution >= 4 is 5.91 Å². The smallest absolute Gasteiger partial charge is 0.246 e. The van der Waals surface area contributed by atoms with Gasteiger partial charge < -0.3 is 10.1 Å². The zero-order valence-corrected chi connectivity index (χ0v) is 9.50. The molecule has 0 aliphatic heterocycles. The van der Waals surface area contributed by atoms with Gasteiger partial charge in [0.25, 0.3) is 0 Å². The van der Waals surface area contributed by atoms with Gasteiger partial charge in [0, 0.05) is 13.2 Å². The van der Waals surface area contributed by atoms with Crippen LogP contribution in [0.15, 0.2) is 24.3 Å². The molecular weight excluding hydrogens is 209 g/mol. The minimum Gasteiger partial charge on any atom is -0.375 e. The molecule has 0 saturated carbocycles. The average molecular weight is 225 g/mol. The number of benzene rings is 1. The van der Waals surface area contributed by atoms with Gasteiger partial charge in [0.15, 0.2) is 0 Å². The number of ether oxygens (including phenoxy) is 1. The van der Waals surface area contributed by atoms with E-state index in [1.807, 2.05) is 6.92 Å². The van der Waals surface area contributed by atoms with E-state index in [4.69, 9.17) is 4.74 Å². The maximum Gasteiger partial charge on any atom is 0.246 e. The lowest BCUT2D eigenvalue weighted by Gasteiger charge is -2.13. The molecule has 88 valence electrons. The molecule has 1 N–H and O–H groups in total. The van der Waals surface area contributed by atoms with Crippen LogP contribution in [0.5, 0.6) is 0 Å². The van der Waals surface area contributed by atoms with Crippen molar-refractivity contribution in [2.45, 2.75) is 19.4 Å². The van der Waals surface area contributed by atoms with E-state index in [-0.39, 0.29) is 24.4 Å². The number of halogens is 1. The number of amides is 1. The highest BCUT2D eigenvalue weighted by atomic mass is 19.1. The third-order valence-corrected chi connectivity index (χ3v) is 2.14. The summed E-state index contributed by atoms with van der Waals surface area (Å²) in [5, 5.41) is 2.79. The lowest BCUT2D eigenvalue weighted by atomic mass is 10.1. The summed E-state index contributed by atoms with van der Waals surface area (Å²) in [5.41, 5.74) is 0.992. The molecule has 3 nitrogen and oxygen atoms in total. The van der Waals surface area contributed by atoms with Gasteiger partial charge in [-0.25, -0.2) is 4.39 Å². The molecule has 0 fully saturated rings. The molecular formula is C12H16FNO2. The summed E-state index contributed by atoms with van der Waals surface area (Å²) in [5.74, 6) is -0.392. The van der Waals surface area contributed by atoms with Crippen molar-refractivity contribution < 1.29 is 13.9 Å². The van der Waals surface area contributed by atoms with Crippen molar-refractivity contribution in [2.75, 3.05) is 13.7 Å². The van der Waals surface area contributed by atoms with E-state index < -0.39 is 0 Å². The molecule has 16 heavy (non-hydrogen) atoms. The number of rotatable bonds is 5. The Balaban J connectivity index is 2.42. The van der Waals surface area contributed by atoms with Crippen LogP contribution in [-0.2, 0) is 16.0 Å². The first kappa shape index (κ1) is 12.6. The normalized spacial score (nSPS) is 12.2. The Labute approximate surface area is 94.6 Å². The third kappa shape index (κ3) is 4.40. The van der Waals surface area contributed by atoms with E-state index in [2.05, 4.69) is 5.32 Å². The molecule has 0 unspecified atom stereocenters. The van der Waals surface area contributed by atoms with Crippen molar-refractivity contribution in [3.05, 3.63) is 35.6 Å². The SMILES string of the molecule is COCC(=O)N[C@H](C)Cc1ccc(F)cc1. The van der Waals surface area contributed by atoms with Gasteiger partial charge in [0.2, 0.25) is 5.91 Å². The van der Waals surface area contributed by atoms with Gasteiger partial charge in [-0.05, 0) is 31.0 Å². The monoisotopic (exact) mass is 225 g/mol. The Morgan fingerprint density at radius 2 is 2.06 bits per heavy atom. The fourth-order valence-corrected chi connectivity index (χ4v) is 1.47. The van der Waals surface area contributed by atoms with Crippen molar-refractivity contribution in [3.8, 4) is 0 Å². The summed E-state index contributed by atoms with van der Waals surface area (Å²) >= 11 is 0. The number of hydrogen-bond donors (Lipinski definition) is 1. The van der Waals surface area contributed by atoms with Crippen LogP contribution in [0.2, 0.25) is 0 Å². The van der Waals surface area contributed by atoms with E-state index in [0.717, 1.165) is 5.56 Å². The summed E-state index contributed by atoms with van der Waals surface area (Å²) in [6, 6.07) is 6.27. The summed E-state index contributed by atoms with van der Waals surface area (Å²) < 4.78 is 17.4. The molecule has 0 heterocycles. The maximum absolute atomic E-state index is 12.6. The van der Waals surface area contributed by atoms with Crippen LogP contribution in [0, 0.1) is 5.82 Å². The molecule has 0 saturated heterocycles. The number of carbonyl (C=O) groups is 1. The van der Waals surface area contributed by atoms with Gasteiger partial charge in [0.05, 0.1) is 0 Å². The zero-order valence-electron chi connectivity index (χ0n) is 9.50. The van der Waals surface area contributed by atoms with E-state index in [1.165, 1.54) is 19.2 Å². The number of nitrogens with one attached hydrogen (secondary N) is 1. The van der Waals surface area contributed by atoms with Crippen LogP contribution >= 0.6 is 0 Å². The fourth-order valence-electron chi connectivity index (χ4n) is 1.47. The zero-order chi connectivity index (χ0) is 12.0. The first-order chi connectivity index (χ1) is 7.61. The molecule has 1 aromatic rings. The fraction of sp³-hybridized carbons (Fsp3) is 0.417. The average Bonchev–Trinajstić information content (AvgIpc) is 2.21. The van der Waals surface area contributed by atoms with Crippen molar-refractivity contribution in [1.82, 2.24) is 5.32 Å². The Kier molecular flexibility index (Phi) is 4.92. The van der Waals surface area contributed by atoms with Crippen molar-refractivity contribution in [1.29, 1.82) is 0 Å². The molecule has 1 amide bonds. The highest BCUT2D eigenvalue weighted by molar-refractivity contribution is 5.77. The summed E-state index contributed by atoms with van der Waals surface area (Å²) in [7, 11) is 1.48. The predicted octanol–water partition coefficient (Wildman–Crippen LogP) is 1.52. The van der Waals surface area contributed by atoms with Crippen molar-refractivity contribution in [2.24, 2.45) is 0 Å².